The first-order chi connectivity index (χ1) is 19.9. The zero-order valence-electron chi connectivity index (χ0n) is 22.7. The van der Waals surface area contributed by atoms with E-state index in [1.807, 2.05) is 48.5 Å². The first-order valence-electron chi connectivity index (χ1n) is 13.7. The molecule has 210 valence electrons. The Morgan fingerprint density at radius 1 is 0.878 bits per heavy atom. The fourth-order valence-electron chi connectivity index (χ4n) is 4.87. The predicted octanol–water partition coefficient (Wildman–Crippen LogP) is 5.52. The highest BCUT2D eigenvalue weighted by atomic mass is 19.1. The molecule has 4 N–H and O–H groups in total. The van der Waals surface area contributed by atoms with Crippen LogP contribution in [0.15, 0.2) is 97.1 Å². The van der Waals surface area contributed by atoms with Crippen LogP contribution < -0.4 is 21.1 Å². The summed E-state index contributed by atoms with van der Waals surface area (Å²) in [5, 5.41) is 5.88. The summed E-state index contributed by atoms with van der Waals surface area (Å²) in [4.78, 5) is 27.6. The number of halogens is 1. The average Bonchev–Trinajstić information content (AvgIpc) is 3.46. The van der Waals surface area contributed by atoms with E-state index in [0.29, 0.717) is 42.4 Å². The summed E-state index contributed by atoms with van der Waals surface area (Å²) in [5.41, 5.74) is 10.4. The lowest BCUT2D eigenvalue weighted by atomic mass is 10.1. The SMILES string of the molecule is Nc1ccccc1NC(=O)c1ccc(COc2ccc(CNC(=O)[C@@H]3CCCN3Cc3ccc(F)cc3)cc2)cc1. The number of nitrogens with two attached hydrogens (primary N) is 1. The highest BCUT2D eigenvalue weighted by Gasteiger charge is 2.30. The average molecular weight is 553 g/mol. The number of para-hydroxylation sites is 2. The quantitative estimate of drug-likeness (QED) is 0.225. The molecule has 0 aromatic heterocycles. The number of carbonyl (C=O) groups excluding carboxylic acids is 2. The number of anilines is 2. The molecule has 1 heterocycles. The molecule has 1 aliphatic heterocycles. The molecular formula is C33H33FN4O3. The normalized spacial score (nSPS) is 14.9. The first-order valence-corrected chi connectivity index (χ1v) is 13.7. The van der Waals surface area contributed by atoms with E-state index < -0.39 is 0 Å². The van der Waals surface area contributed by atoms with E-state index in [0.717, 1.165) is 36.1 Å². The third-order valence-electron chi connectivity index (χ3n) is 7.19. The number of nitrogens with one attached hydrogen (secondary N) is 2. The van der Waals surface area contributed by atoms with Crippen LogP contribution in [0.4, 0.5) is 15.8 Å². The van der Waals surface area contributed by atoms with Crippen molar-refractivity contribution in [3.63, 3.8) is 0 Å². The van der Waals surface area contributed by atoms with E-state index in [9.17, 15) is 14.0 Å². The topological polar surface area (TPSA) is 96.7 Å². The minimum absolute atomic E-state index is 0.00861. The lowest BCUT2D eigenvalue weighted by Gasteiger charge is -2.23. The van der Waals surface area contributed by atoms with Gasteiger partial charge in [0, 0.05) is 18.7 Å². The summed E-state index contributed by atoms with van der Waals surface area (Å²) in [5.74, 6) is 0.232. The van der Waals surface area contributed by atoms with E-state index in [1.54, 1.807) is 36.4 Å². The number of benzene rings is 4. The Morgan fingerprint density at radius 3 is 2.29 bits per heavy atom. The van der Waals surface area contributed by atoms with Crippen LogP contribution in [0.25, 0.3) is 0 Å². The maximum atomic E-state index is 13.2. The molecular weight excluding hydrogens is 519 g/mol. The van der Waals surface area contributed by atoms with Gasteiger partial charge < -0.3 is 21.1 Å². The summed E-state index contributed by atoms with van der Waals surface area (Å²) in [6.45, 7) is 2.26. The summed E-state index contributed by atoms with van der Waals surface area (Å²) >= 11 is 0. The van der Waals surface area contributed by atoms with Gasteiger partial charge in [-0.1, -0.05) is 48.5 Å². The number of carbonyl (C=O) groups is 2. The predicted molar refractivity (Wildman–Crippen MR) is 158 cm³/mol. The Kier molecular flexibility index (Phi) is 8.91. The van der Waals surface area contributed by atoms with Gasteiger partial charge in [-0.25, -0.2) is 4.39 Å². The molecule has 4 aromatic rings. The van der Waals surface area contributed by atoms with Gasteiger partial charge in [-0.2, -0.15) is 0 Å². The fraction of sp³-hybridized carbons (Fsp3) is 0.212. The smallest absolute Gasteiger partial charge is 0.255 e. The van der Waals surface area contributed by atoms with E-state index in [4.69, 9.17) is 10.5 Å². The van der Waals surface area contributed by atoms with Crippen molar-refractivity contribution in [2.75, 3.05) is 17.6 Å². The highest BCUT2D eigenvalue weighted by molar-refractivity contribution is 6.05. The fourth-order valence-corrected chi connectivity index (χ4v) is 4.87. The van der Waals surface area contributed by atoms with Crippen molar-refractivity contribution >= 4 is 23.2 Å². The summed E-state index contributed by atoms with van der Waals surface area (Å²) in [6, 6.07) is 28.2. The van der Waals surface area contributed by atoms with Crippen LogP contribution in [0.1, 0.15) is 39.9 Å². The van der Waals surface area contributed by atoms with Crippen molar-refractivity contribution in [3.05, 3.63) is 125 Å². The molecule has 0 radical (unpaired) electrons. The van der Waals surface area contributed by atoms with Gasteiger partial charge in [0.05, 0.1) is 17.4 Å². The van der Waals surface area contributed by atoms with Crippen molar-refractivity contribution < 1.29 is 18.7 Å². The number of rotatable bonds is 10. The maximum Gasteiger partial charge on any atom is 0.255 e. The van der Waals surface area contributed by atoms with Gasteiger partial charge in [-0.05, 0) is 84.6 Å². The van der Waals surface area contributed by atoms with Crippen molar-refractivity contribution in [1.82, 2.24) is 10.2 Å². The Labute approximate surface area is 239 Å². The highest BCUT2D eigenvalue weighted by Crippen LogP contribution is 2.22. The molecule has 1 fully saturated rings. The minimum atomic E-state index is -0.258. The van der Waals surface area contributed by atoms with Crippen LogP contribution in [0, 0.1) is 5.82 Å². The lowest BCUT2D eigenvalue weighted by Crippen LogP contribution is -2.42. The zero-order valence-corrected chi connectivity index (χ0v) is 22.7. The van der Waals surface area contributed by atoms with Gasteiger partial charge in [0.15, 0.2) is 0 Å². The van der Waals surface area contributed by atoms with Gasteiger partial charge in [-0.15, -0.1) is 0 Å². The van der Waals surface area contributed by atoms with Crippen LogP contribution in [-0.4, -0.2) is 29.3 Å². The second-order valence-corrected chi connectivity index (χ2v) is 10.1. The number of nitrogens with zero attached hydrogens (tertiary/aromatic N) is 1. The van der Waals surface area contributed by atoms with Gasteiger partial charge >= 0.3 is 0 Å². The molecule has 2 amide bonds. The molecule has 1 atom stereocenters. The molecule has 7 nitrogen and oxygen atoms in total. The summed E-state index contributed by atoms with van der Waals surface area (Å²) < 4.78 is 19.1. The Balaban J connectivity index is 1.07. The molecule has 8 heteroatoms. The number of hydrogen-bond donors (Lipinski definition) is 3. The zero-order chi connectivity index (χ0) is 28.6. The summed E-state index contributed by atoms with van der Waals surface area (Å²) in [6.07, 6.45) is 1.77. The third-order valence-corrected chi connectivity index (χ3v) is 7.19. The Morgan fingerprint density at radius 2 is 1.56 bits per heavy atom. The van der Waals surface area contributed by atoms with Gasteiger partial charge in [0.2, 0.25) is 5.91 Å². The van der Waals surface area contributed by atoms with Gasteiger partial charge in [0.25, 0.3) is 5.91 Å². The molecule has 0 aliphatic carbocycles. The first kappa shape index (κ1) is 27.9. The third kappa shape index (κ3) is 7.49. The second-order valence-electron chi connectivity index (χ2n) is 10.1. The number of hydrogen-bond acceptors (Lipinski definition) is 5. The number of nitrogen functional groups attached to an aromatic ring is 1. The molecule has 0 saturated carbocycles. The standard InChI is InChI=1S/C33H33FN4O3/c34-27-15-9-24(10-16-27)21-38-19-3-6-31(38)33(40)36-20-23-11-17-28(18-12-23)41-22-25-7-13-26(14-8-25)32(39)37-30-5-2-1-4-29(30)35/h1-2,4-5,7-18,31H,3,6,19-22,35H2,(H,36,40)(H,37,39)/t31-/m0/s1. The van der Waals surface area contributed by atoms with E-state index >= 15 is 0 Å². The number of amides is 2. The molecule has 41 heavy (non-hydrogen) atoms. The number of ether oxygens (including phenoxy) is 1. The van der Waals surface area contributed by atoms with Gasteiger partial charge in [-0.3, -0.25) is 14.5 Å². The number of likely N-dealkylation sites (tertiary alicyclic amines) is 1. The molecule has 4 aromatic carbocycles. The van der Waals surface area contributed by atoms with Crippen LogP contribution >= 0.6 is 0 Å². The molecule has 1 aliphatic rings. The second kappa shape index (κ2) is 13.1. The van der Waals surface area contributed by atoms with Crippen molar-refractivity contribution in [2.24, 2.45) is 0 Å². The lowest BCUT2D eigenvalue weighted by molar-refractivity contribution is -0.125. The van der Waals surface area contributed by atoms with Crippen molar-refractivity contribution in [3.8, 4) is 5.75 Å². The molecule has 1 saturated heterocycles. The van der Waals surface area contributed by atoms with Crippen LogP contribution in [0.2, 0.25) is 0 Å². The largest absolute Gasteiger partial charge is 0.489 e. The molecule has 5 rings (SSSR count). The monoisotopic (exact) mass is 552 g/mol. The maximum absolute atomic E-state index is 13.2. The minimum Gasteiger partial charge on any atom is -0.489 e. The Bertz CT molecular complexity index is 1470. The molecule has 0 bridgehead atoms. The van der Waals surface area contributed by atoms with Crippen LogP contribution in [0.3, 0.4) is 0 Å². The molecule has 0 unspecified atom stereocenters. The van der Waals surface area contributed by atoms with Crippen LogP contribution in [0.5, 0.6) is 5.75 Å². The van der Waals surface area contributed by atoms with E-state index in [1.165, 1.54) is 12.1 Å². The van der Waals surface area contributed by atoms with Crippen molar-refractivity contribution in [1.29, 1.82) is 0 Å². The van der Waals surface area contributed by atoms with E-state index in [2.05, 4.69) is 15.5 Å². The van der Waals surface area contributed by atoms with Gasteiger partial charge in [0.1, 0.15) is 18.2 Å². The molecule has 0 spiro atoms. The van der Waals surface area contributed by atoms with E-state index in [-0.39, 0.29) is 23.7 Å². The Hall–Kier alpha value is -4.69. The van der Waals surface area contributed by atoms with Crippen LogP contribution in [-0.2, 0) is 24.5 Å². The van der Waals surface area contributed by atoms with Crippen molar-refractivity contribution in [2.45, 2.75) is 38.6 Å². The summed E-state index contributed by atoms with van der Waals surface area (Å²) in [7, 11) is 0.